The van der Waals surface area contributed by atoms with Crippen molar-refractivity contribution in [2.24, 2.45) is 0 Å². The number of benzene rings is 2. The molecule has 3 nitrogen and oxygen atoms in total. The van der Waals surface area contributed by atoms with Gasteiger partial charge in [0.1, 0.15) is 6.04 Å². The smallest absolute Gasteiger partial charge is 0.327 e. The number of ether oxygens (including phenoxy) is 1. The van der Waals surface area contributed by atoms with Crippen LogP contribution in [0.4, 0.5) is 0 Å². The van der Waals surface area contributed by atoms with Crippen molar-refractivity contribution in [1.82, 2.24) is 5.32 Å². The largest absolute Gasteiger partial charge is 0.468 e. The number of hydrogen-bond acceptors (Lipinski definition) is 3. The van der Waals surface area contributed by atoms with Gasteiger partial charge in [-0.05, 0) is 11.1 Å². The molecule has 0 spiro atoms. The van der Waals surface area contributed by atoms with Gasteiger partial charge in [-0.15, -0.1) is 0 Å². The summed E-state index contributed by atoms with van der Waals surface area (Å²) in [7, 11) is 1.40. The highest BCUT2D eigenvalue weighted by atomic mass is 16.5. The maximum atomic E-state index is 11.9. The highest BCUT2D eigenvalue weighted by Gasteiger charge is 2.19. The molecule has 0 aliphatic rings. The van der Waals surface area contributed by atoms with E-state index in [1.54, 1.807) is 0 Å². The van der Waals surface area contributed by atoms with E-state index in [1.165, 1.54) is 7.11 Å². The van der Waals surface area contributed by atoms with Crippen molar-refractivity contribution in [3.63, 3.8) is 0 Å². The lowest BCUT2D eigenvalue weighted by atomic mass is 10.1. The zero-order valence-electron chi connectivity index (χ0n) is 12.0. The van der Waals surface area contributed by atoms with Crippen molar-refractivity contribution < 1.29 is 9.53 Å². The van der Waals surface area contributed by atoms with E-state index in [1.807, 2.05) is 72.8 Å². The highest BCUT2D eigenvalue weighted by molar-refractivity contribution is 5.77. The second kappa shape index (κ2) is 8.02. The molecule has 0 bridgehead atoms. The number of nitrogens with one attached hydrogen (secondary N) is 1. The Kier molecular flexibility index (Phi) is 5.73. The van der Waals surface area contributed by atoms with Gasteiger partial charge in [-0.3, -0.25) is 5.32 Å². The molecule has 0 fully saturated rings. The van der Waals surface area contributed by atoms with Gasteiger partial charge in [0.05, 0.1) is 7.11 Å². The van der Waals surface area contributed by atoms with E-state index in [9.17, 15) is 4.79 Å². The van der Waals surface area contributed by atoms with Crippen LogP contribution in [0, 0.1) is 0 Å². The first-order chi connectivity index (χ1) is 10.3. The minimum Gasteiger partial charge on any atom is -0.468 e. The molecule has 0 saturated carbocycles. The molecule has 21 heavy (non-hydrogen) atoms. The molecule has 0 aliphatic heterocycles. The van der Waals surface area contributed by atoms with Crippen molar-refractivity contribution in [3.8, 4) is 0 Å². The van der Waals surface area contributed by atoms with Crippen LogP contribution in [0.1, 0.15) is 17.2 Å². The third-order valence-corrected chi connectivity index (χ3v) is 3.12. The molecule has 3 heteroatoms. The summed E-state index contributed by atoms with van der Waals surface area (Å²) in [5.41, 5.74) is 2.03. The lowest BCUT2D eigenvalue weighted by Gasteiger charge is -2.15. The Morgan fingerprint density at radius 1 is 1.10 bits per heavy atom. The Hall–Kier alpha value is -2.39. The Bertz CT molecular complexity index is 579. The molecule has 0 saturated heterocycles. The van der Waals surface area contributed by atoms with Crippen LogP contribution in [0.2, 0.25) is 0 Å². The number of carbonyl (C=O) groups excluding carboxylic acids is 1. The van der Waals surface area contributed by atoms with Crippen LogP contribution in [0.15, 0.2) is 66.7 Å². The van der Waals surface area contributed by atoms with Crippen LogP contribution in [0.5, 0.6) is 0 Å². The first-order valence-electron chi connectivity index (χ1n) is 6.89. The van der Waals surface area contributed by atoms with E-state index in [-0.39, 0.29) is 5.97 Å². The van der Waals surface area contributed by atoms with Crippen molar-refractivity contribution in [2.75, 3.05) is 13.7 Å². The second-order valence-corrected chi connectivity index (χ2v) is 4.59. The Morgan fingerprint density at radius 3 is 2.33 bits per heavy atom. The van der Waals surface area contributed by atoms with E-state index in [0.717, 1.165) is 11.1 Å². The van der Waals surface area contributed by atoms with Gasteiger partial charge in [-0.1, -0.05) is 72.8 Å². The Morgan fingerprint density at radius 2 is 1.71 bits per heavy atom. The lowest BCUT2D eigenvalue weighted by molar-refractivity contribution is -0.143. The van der Waals surface area contributed by atoms with E-state index in [0.29, 0.717) is 6.54 Å². The lowest BCUT2D eigenvalue weighted by Crippen LogP contribution is -2.29. The fourth-order valence-corrected chi connectivity index (χ4v) is 2.05. The third-order valence-electron chi connectivity index (χ3n) is 3.12. The van der Waals surface area contributed by atoms with Crippen molar-refractivity contribution in [1.29, 1.82) is 0 Å². The number of methoxy groups -OCH3 is 1. The minimum absolute atomic E-state index is 0.283. The standard InChI is InChI=1S/C18H19NO2/c1-21-18(20)17(16-12-6-3-7-13-16)19-14-8-11-15-9-4-2-5-10-15/h2-13,17,19H,14H2,1H3. The van der Waals surface area contributed by atoms with Gasteiger partial charge in [-0.2, -0.15) is 0 Å². The molecule has 0 radical (unpaired) electrons. The van der Waals surface area contributed by atoms with Gasteiger partial charge in [0.25, 0.3) is 0 Å². The van der Waals surface area contributed by atoms with Gasteiger partial charge >= 0.3 is 5.97 Å². The van der Waals surface area contributed by atoms with Gasteiger partial charge in [0.15, 0.2) is 0 Å². The van der Waals surface area contributed by atoms with E-state index in [4.69, 9.17) is 4.74 Å². The summed E-state index contributed by atoms with van der Waals surface area (Å²) in [6.07, 6.45) is 4.01. The maximum Gasteiger partial charge on any atom is 0.327 e. The quantitative estimate of drug-likeness (QED) is 0.826. The van der Waals surface area contributed by atoms with Gasteiger partial charge in [0.2, 0.25) is 0 Å². The molecule has 2 aromatic rings. The monoisotopic (exact) mass is 281 g/mol. The fraction of sp³-hybridized carbons (Fsp3) is 0.167. The van der Waals surface area contributed by atoms with Crippen LogP contribution in [0.3, 0.4) is 0 Å². The summed E-state index contributed by atoms with van der Waals surface area (Å²) in [5, 5.41) is 3.20. The molecule has 0 aromatic heterocycles. The summed E-state index contributed by atoms with van der Waals surface area (Å²) >= 11 is 0. The summed E-state index contributed by atoms with van der Waals surface area (Å²) in [6, 6.07) is 19.2. The van der Waals surface area contributed by atoms with Crippen LogP contribution in [-0.2, 0) is 9.53 Å². The van der Waals surface area contributed by atoms with Crippen LogP contribution >= 0.6 is 0 Å². The van der Waals surface area contributed by atoms with Gasteiger partial charge in [0, 0.05) is 6.54 Å². The Balaban J connectivity index is 1.97. The van der Waals surface area contributed by atoms with Gasteiger partial charge < -0.3 is 4.74 Å². The number of rotatable bonds is 6. The number of esters is 1. The molecule has 2 rings (SSSR count). The Labute approximate surface area is 125 Å². The molecular weight excluding hydrogens is 262 g/mol. The second-order valence-electron chi connectivity index (χ2n) is 4.59. The molecule has 0 heterocycles. The first kappa shape index (κ1) is 15.0. The molecular formula is C18H19NO2. The van der Waals surface area contributed by atoms with Crippen LogP contribution < -0.4 is 5.32 Å². The first-order valence-corrected chi connectivity index (χ1v) is 6.89. The van der Waals surface area contributed by atoms with Gasteiger partial charge in [-0.25, -0.2) is 4.79 Å². The number of carbonyl (C=O) groups is 1. The van der Waals surface area contributed by atoms with Crippen LogP contribution in [-0.4, -0.2) is 19.6 Å². The van der Waals surface area contributed by atoms with Crippen molar-refractivity contribution >= 4 is 12.0 Å². The topological polar surface area (TPSA) is 38.3 Å². The van der Waals surface area contributed by atoms with Crippen molar-refractivity contribution in [2.45, 2.75) is 6.04 Å². The molecule has 2 aromatic carbocycles. The van der Waals surface area contributed by atoms with E-state index >= 15 is 0 Å². The molecule has 1 atom stereocenters. The summed E-state index contributed by atoms with van der Waals surface area (Å²) in [6.45, 7) is 0.587. The average Bonchev–Trinajstić information content (AvgIpc) is 2.56. The fourth-order valence-electron chi connectivity index (χ4n) is 2.05. The van der Waals surface area contributed by atoms with Crippen LogP contribution in [0.25, 0.3) is 6.08 Å². The zero-order valence-corrected chi connectivity index (χ0v) is 12.0. The molecule has 108 valence electrons. The third kappa shape index (κ3) is 4.58. The predicted octanol–water partition coefficient (Wildman–Crippen LogP) is 3.20. The highest BCUT2D eigenvalue weighted by Crippen LogP contribution is 2.13. The summed E-state index contributed by atoms with van der Waals surface area (Å²) < 4.78 is 4.86. The zero-order chi connectivity index (χ0) is 14.9. The van der Waals surface area contributed by atoms with Crippen molar-refractivity contribution in [3.05, 3.63) is 77.9 Å². The SMILES string of the molecule is COC(=O)C(NCC=Cc1ccccc1)c1ccccc1. The molecule has 0 amide bonds. The van der Waals surface area contributed by atoms with E-state index in [2.05, 4.69) is 5.32 Å². The normalized spacial score (nSPS) is 12.2. The molecule has 1 N–H and O–H groups in total. The summed E-state index contributed by atoms with van der Waals surface area (Å²) in [5.74, 6) is -0.283. The number of hydrogen-bond donors (Lipinski definition) is 1. The predicted molar refractivity (Wildman–Crippen MR) is 84.7 cm³/mol. The molecule has 1 unspecified atom stereocenters. The average molecular weight is 281 g/mol. The maximum absolute atomic E-state index is 11.9. The molecule has 0 aliphatic carbocycles. The van der Waals surface area contributed by atoms with E-state index < -0.39 is 6.04 Å². The summed E-state index contributed by atoms with van der Waals surface area (Å²) in [4.78, 5) is 11.9. The minimum atomic E-state index is -0.448.